The molecule has 0 bridgehead atoms. The lowest BCUT2D eigenvalue weighted by molar-refractivity contribution is -0.146. The number of rotatable bonds is 4. The number of methoxy groups -OCH3 is 1. The molecule has 1 amide bonds. The molecule has 1 N–H and O–H groups in total. The molecule has 0 spiro atoms. The van der Waals surface area contributed by atoms with Crippen molar-refractivity contribution < 1.29 is 14.3 Å². The highest BCUT2D eigenvalue weighted by Gasteiger charge is 2.31. The van der Waals surface area contributed by atoms with Crippen LogP contribution in [0, 0.1) is 17.2 Å². The molecule has 2 rings (SSSR count). The molecular formula is C18H22N2O3. The highest BCUT2D eigenvalue weighted by Crippen LogP contribution is 2.25. The second-order valence-corrected chi connectivity index (χ2v) is 5.88. The van der Waals surface area contributed by atoms with Crippen LogP contribution in [0.3, 0.4) is 0 Å². The van der Waals surface area contributed by atoms with Crippen LogP contribution in [0.4, 0.5) is 0 Å². The van der Waals surface area contributed by atoms with Gasteiger partial charge in [-0.2, -0.15) is 5.26 Å². The smallest absolute Gasteiger partial charge is 0.310 e. The zero-order valence-corrected chi connectivity index (χ0v) is 13.4. The second-order valence-electron chi connectivity index (χ2n) is 5.88. The monoisotopic (exact) mass is 314 g/mol. The second kappa shape index (κ2) is 8.33. The first-order chi connectivity index (χ1) is 11.2. The van der Waals surface area contributed by atoms with Crippen LogP contribution in [0.2, 0.25) is 0 Å². The van der Waals surface area contributed by atoms with Crippen molar-refractivity contribution in [3.8, 4) is 6.07 Å². The number of ether oxygens (including phenoxy) is 1. The third-order valence-electron chi connectivity index (χ3n) is 4.31. The number of nitriles is 1. The number of carbonyl (C=O) groups is 2. The van der Waals surface area contributed by atoms with Gasteiger partial charge >= 0.3 is 5.97 Å². The molecule has 0 radical (unpaired) electrons. The van der Waals surface area contributed by atoms with Gasteiger partial charge in [0.2, 0.25) is 0 Å². The Kier molecular flexibility index (Phi) is 6.16. The molecule has 122 valence electrons. The predicted octanol–water partition coefficient (Wildman–Crippen LogP) is 2.60. The van der Waals surface area contributed by atoms with Gasteiger partial charge in [-0.1, -0.05) is 31.4 Å². The molecule has 0 unspecified atom stereocenters. The molecule has 2 atom stereocenters. The predicted molar refractivity (Wildman–Crippen MR) is 85.6 cm³/mol. The van der Waals surface area contributed by atoms with E-state index in [1.165, 1.54) is 7.11 Å². The molecule has 0 heterocycles. The summed E-state index contributed by atoms with van der Waals surface area (Å²) in [6, 6.07) is 8.92. The standard InChI is InChI=1S/C18H22N2O3/c1-23-18(22)15-8-3-2-4-9-16(15)20-17(21)14-7-5-6-13(12-14)10-11-19/h5-7,12,15-16H,2-4,8-10H2,1H3,(H,20,21)/t15-,16+/m1/s1. The molecule has 1 aliphatic rings. The maximum absolute atomic E-state index is 12.5. The van der Waals surface area contributed by atoms with E-state index in [0.717, 1.165) is 37.7 Å². The Balaban J connectivity index is 2.11. The highest BCUT2D eigenvalue weighted by atomic mass is 16.5. The van der Waals surface area contributed by atoms with E-state index in [0.29, 0.717) is 5.56 Å². The van der Waals surface area contributed by atoms with Crippen LogP contribution < -0.4 is 5.32 Å². The van der Waals surface area contributed by atoms with Gasteiger partial charge in [0.1, 0.15) is 0 Å². The molecule has 0 aliphatic heterocycles. The third kappa shape index (κ3) is 4.56. The Morgan fingerprint density at radius 3 is 2.83 bits per heavy atom. The molecule has 1 aromatic carbocycles. The molecule has 1 aliphatic carbocycles. The minimum atomic E-state index is -0.284. The SMILES string of the molecule is COC(=O)[C@@H]1CCCCC[C@@H]1NC(=O)c1cccc(CC#N)c1. The van der Waals surface area contributed by atoms with Crippen LogP contribution in [0.5, 0.6) is 0 Å². The summed E-state index contributed by atoms with van der Waals surface area (Å²) in [7, 11) is 1.39. The molecular weight excluding hydrogens is 292 g/mol. The van der Waals surface area contributed by atoms with E-state index in [-0.39, 0.29) is 30.3 Å². The molecule has 1 saturated carbocycles. The Morgan fingerprint density at radius 2 is 2.09 bits per heavy atom. The van der Waals surface area contributed by atoms with Crippen molar-refractivity contribution in [3.63, 3.8) is 0 Å². The van der Waals surface area contributed by atoms with E-state index in [4.69, 9.17) is 10.00 Å². The summed E-state index contributed by atoms with van der Waals surface area (Å²) in [5, 5.41) is 11.7. The van der Waals surface area contributed by atoms with Crippen molar-refractivity contribution in [3.05, 3.63) is 35.4 Å². The molecule has 5 nitrogen and oxygen atoms in total. The molecule has 5 heteroatoms. The maximum Gasteiger partial charge on any atom is 0.310 e. The van der Waals surface area contributed by atoms with Gasteiger partial charge in [-0.05, 0) is 30.5 Å². The van der Waals surface area contributed by atoms with E-state index < -0.39 is 0 Å². The Hall–Kier alpha value is -2.35. The third-order valence-corrected chi connectivity index (χ3v) is 4.31. The number of amides is 1. The Labute approximate surface area is 136 Å². The topological polar surface area (TPSA) is 79.2 Å². The highest BCUT2D eigenvalue weighted by molar-refractivity contribution is 5.95. The van der Waals surface area contributed by atoms with Gasteiger partial charge < -0.3 is 10.1 Å². The van der Waals surface area contributed by atoms with Gasteiger partial charge in [-0.3, -0.25) is 9.59 Å². The first kappa shape index (κ1) is 17.0. The van der Waals surface area contributed by atoms with Gasteiger partial charge in [0.05, 0.1) is 25.5 Å². The van der Waals surface area contributed by atoms with Crippen molar-refractivity contribution >= 4 is 11.9 Å². The molecule has 0 aromatic heterocycles. The minimum Gasteiger partial charge on any atom is -0.469 e. The summed E-state index contributed by atoms with van der Waals surface area (Å²) < 4.78 is 4.89. The van der Waals surface area contributed by atoms with Gasteiger partial charge in [-0.15, -0.1) is 0 Å². The van der Waals surface area contributed by atoms with Crippen LogP contribution in [0.1, 0.15) is 48.0 Å². The van der Waals surface area contributed by atoms with Crippen molar-refractivity contribution in [2.75, 3.05) is 7.11 Å². The van der Waals surface area contributed by atoms with Crippen molar-refractivity contribution in [2.45, 2.75) is 44.6 Å². The quantitative estimate of drug-likeness (QED) is 0.684. The summed E-state index contributed by atoms with van der Waals surface area (Å²) in [6.07, 6.45) is 4.83. The number of hydrogen-bond donors (Lipinski definition) is 1. The lowest BCUT2D eigenvalue weighted by atomic mass is 9.94. The molecule has 23 heavy (non-hydrogen) atoms. The van der Waals surface area contributed by atoms with E-state index in [1.807, 2.05) is 6.07 Å². The number of esters is 1. The maximum atomic E-state index is 12.5. The summed E-state index contributed by atoms with van der Waals surface area (Å²) in [6.45, 7) is 0. The molecule has 1 aromatic rings. The average molecular weight is 314 g/mol. The number of nitrogens with one attached hydrogen (secondary N) is 1. The molecule has 1 fully saturated rings. The summed E-state index contributed by atoms with van der Waals surface area (Å²) in [5.41, 5.74) is 1.33. The van der Waals surface area contributed by atoms with Crippen LogP contribution in [-0.2, 0) is 16.0 Å². The van der Waals surface area contributed by atoms with Crippen molar-refractivity contribution in [1.82, 2.24) is 5.32 Å². The molecule has 0 saturated heterocycles. The van der Waals surface area contributed by atoms with Gasteiger partial charge in [0, 0.05) is 11.6 Å². The number of hydrogen-bond acceptors (Lipinski definition) is 4. The van der Waals surface area contributed by atoms with Crippen LogP contribution in [0.25, 0.3) is 0 Å². The van der Waals surface area contributed by atoms with Gasteiger partial charge in [0.15, 0.2) is 0 Å². The number of carbonyl (C=O) groups excluding carboxylic acids is 2. The Morgan fingerprint density at radius 1 is 1.30 bits per heavy atom. The van der Waals surface area contributed by atoms with Crippen LogP contribution >= 0.6 is 0 Å². The lowest BCUT2D eigenvalue weighted by Crippen LogP contribution is -2.43. The van der Waals surface area contributed by atoms with Crippen molar-refractivity contribution in [1.29, 1.82) is 5.26 Å². The van der Waals surface area contributed by atoms with E-state index in [1.54, 1.807) is 18.2 Å². The minimum absolute atomic E-state index is 0.197. The Bertz CT molecular complexity index is 607. The van der Waals surface area contributed by atoms with Gasteiger partial charge in [-0.25, -0.2) is 0 Å². The largest absolute Gasteiger partial charge is 0.469 e. The first-order valence-electron chi connectivity index (χ1n) is 8.00. The zero-order chi connectivity index (χ0) is 16.7. The normalized spacial score (nSPS) is 20.9. The fourth-order valence-corrected chi connectivity index (χ4v) is 3.08. The van der Waals surface area contributed by atoms with E-state index >= 15 is 0 Å². The number of nitrogens with zero attached hydrogens (tertiary/aromatic N) is 1. The first-order valence-corrected chi connectivity index (χ1v) is 8.00. The van der Waals surface area contributed by atoms with Crippen molar-refractivity contribution in [2.24, 2.45) is 5.92 Å². The van der Waals surface area contributed by atoms with E-state index in [9.17, 15) is 9.59 Å². The average Bonchev–Trinajstić information content (AvgIpc) is 2.80. The summed E-state index contributed by atoms with van der Waals surface area (Å²) in [4.78, 5) is 24.5. The van der Waals surface area contributed by atoms with Crippen LogP contribution in [-0.4, -0.2) is 25.0 Å². The summed E-state index contributed by atoms with van der Waals surface area (Å²) in [5.74, 6) is -0.741. The fourth-order valence-electron chi connectivity index (χ4n) is 3.08. The lowest BCUT2D eigenvalue weighted by Gasteiger charge is -2.24. The van der Waals surface area contributed by atoms with Gasteiger partial charge in [0.25, 0.3) is 5.91 Å². The fraction of sp³-hybridized carbons (Fsp3) is 0.500. The number of benzene rings is 1. The van der Waals surface area contributed by atoms with Crippen LogP contribution in [0.15, 0.2) is 24.3 Å². The summed E-state index contributed by atoms with van der Waals surface area (Å²) >= 11 is 0. The zero-order valence-electron chi connectivity index (χ0n) is 13.4. The van der Waals surface area contributed by atoms with E-state index in [2.05, 4.69) is 11.4 Å².